The number of aryl methyl sites for hydroxylation is 1. The number of carbonyl (C=O) groups excluding carboxylic acids is 1. The van der Waals surface area contributed by atoms with Crippen LogP contribution < -0.4 is 19.8 Å². The third kappa shape index (κ3) is 4.23. The molecule has 0 spiro atoms. The molecule has 0 bridgehead atoms. The maximum absolute atomic E-state index is 13.6. The van der Waals surface area contributed by atoms with Gasteiger partial charge in [-0.3, -0.25) is 14.0 Å². The molecule has 1 unspecified atom stereocenters. The summed E-state index contributed by atoms with van der Waals surface area (Å²) in [5.74, 6) is -0.491. The fourth-order valence-corrected chi connectivity index (χ4v) is 5.26. The Balaban J connectivity index is 1.89. The summed E-state index contributed by atoms with van der Waals surface area (Å²) in [6, 6.07) is 9.25. The first-order valence-electron chi connectivity index (χ1n) is 11.4. The molecular formula is C25H29N5O3S. The van der Waals surface area contributed by atoms with Crippen molar-refractivity contribution in [3.63, 3.8) is 0 Å². The molecule has 0 radical (unpaired) electrons. The number of carbonyl (C=O) groups is 1. The second-order valence-electron chi connectivity index (χ2n) is 7.93. The van der Waals surface area contributed by atoms with E-state index in [1.54, 1.807) is 17.6 Å². The van der Waals surface area contributed by atoms with Gasteiger partial charge in [0.1, 0.15) is 0 Å². The molecule has 3 heterocycles. The van der Waals surface area contributed by atoms with Crippen LogP contribution in [-0.2, 0) is 16.1 Å². The monoisotopic (exact) mass is 479 g/mol. The smallest absolute Gasteiger partial charge is 0.338 e. The number of thiazole rings is 1. The van der Waals surface area contributed by atoms with Crippen LogP contribution in [0.2, 0.25) is 0 Å². The SMILES string of the molecule is CCN(CC)c1ccc(C2C(C(=O)OC)=C(C)N=c3sc(=Cc4ccn(CC)n4)c(=O)n32)cc1. The Morgan fingerprint density at radius 2 is 1.88 bits per heavy atom. The van der Waals surface area contributed by atoms with Gasteiger partial charge in [-0.1, -0.05) is 23.5 Å². The van der Waals surface area contributed by atoms with E-state index in [9.17, 15) is 9.59 Å². The molecule has 1 atom stereocenters. The molecule has 0 aliphatic carbocycles. The molecule has 2 aromatic heterocycles. The lowest BCUT2D eigenvalue weighted by Crippen LogP contribution is -2.39. The van der Waals surface area contributed by atoms with Crippen molar-refractivity contribution in [2.45, 2.75) is 40.3 Å². The molecule has 0 N–H and O–H groups in total. The number of rotatable bonds is 7. The first kappa shape index (κ1) is 23.7. The number of fused-ring (bicyclic) bond motifs is 1. The molecule has 3 aromatic rings. The average Bonchev–Trinajstić information content (AvgIpc) is 3.43. The summed E-state index contributed by atoms with van der Waals surface area (Å²) in [7, 11) is 1.35. The van der Waals surface area contributed by atoms with Crippen LogP contribution in [0.1, 0.15) is 45.0 Å². The van der Waals surface area contributed by atoms with Gasteiger partial charge in [-0.05, 0) is 57.5 Å². The second-order valence-corrected chi connectivity index (χ2v) is 8.94. The number of nitrogens with zero attached hydrogens (tertiary/aromatic N) is 5. The van der Waals surface area contributed by atoms with Crippen LogP contribution in [0.3, 0.4) is 0 Å². The van der Waals surface area contributed by atoms with Crippen molar-refractivity contribution in [2.24, 2.45) is 4.99 Å². The zero-order valence-corrected chi connectivity index (χ0v) is 20.9. The van der Waals surface area contributed by atoms with Crippen LogP contribution in [0.25, 0.3) is 6.08 Å². The number of esters is 1. The molecule has 0 amide bonds. The minimum atomic E-state index is -0.621. The van der Waals surface area contributed by atoms with E-state index >= 15 is 0 Å². The van der Waals surface area contributed by atoms with Crippen LogP contribution >= 0.6 is 11.3 Å². The van der Waals surface area contributed by atoms with Gasteiger partial charge in [-0.25, -0.2) is 9.79 Å². The van der Waals surface area contributed by atoms with E-state index in [0.717, 1.165) is 30.9 Å². The van der Waals surface area contributed by atoms with Gasteiger partial charge in [0.05, 0.1) is 34.6 Å². The van der Waals surface area contributed by atoms with Gasteiger partial charge in [-0.15, -0.1) is 0 Å². The van der Waals surface area contributed by atoms with E-state index < -0.39 is 12.0 Å². The maximum Gasteiger partial charge on any atom is 0.338 e. The molecule has 34 heavy (non-hydrogen) atoms. The fraction of sp³-hybridized carbons (Fsp3) is 0.360. The van der Waals surface area contributed by atoms with E-state index in [4.69, 9.17) is 4.74 Å². The lowest BCUT2D eigenvalue weighted by molar-refractivity contribution is -0.136. The molecule has 0 saturated carbocycles. The summed E-state index contributed by atoms with van der Waals surface area (Å²) in [5, 5.41) is 4.46. The van der Waals surface area contributed by atoms with E-state index in [-0.39, 0.29) is 5.56 Å². The molecule has 0 fully saturated rings. The van der Waals surface area contributed by atoms with E-state index in [1.165, 1.54) is 18.4 Å². The zero-order valence-electron chi connectivity index (χ0n) is 20.1. The minimum absolute atomic E-state index is 0.207. The van der Waals surface area contributed by atoms with E-state index in [2.05, 4.69) is 28.8 Å². The summed E-state index contributed by atoms with van der Waals surface area (Å²) in [5.41, 5.74) is 3.33. The summed E-state index contributed by atoms with van der Waals surface area (Å²) in [6.07, 6.45) is 3.65. The first-order valence-corrected chi connectivity index (χ1v) is 12.2. The first-order chi connectivity index (χ1) is 16.4. The summed E-state index contributed by atoms with van der Waals surface area (Å²) in [6.45, 7) is 10.6. The number of anilines is 1. The quantitative estimate of drug-likeness (QED) is 0.487. The van der Waals surface area contributed by atoms with Crippen LogP contribution in [0.4, 0.5) is 5.69 Å². The number of benzene rings is 1. The fourth-order valence-electron chi connectivity index (χ4n) is 4.23. The minimum Gasteiger partial charge on any atom is -0.466 e. The van der Waals surface area contributed by atoms with Gasteiger partial charge in [0, 0.05) is 31.5 Å². The van der Waals surface area contributed by atoms with E-state index in [1.807, 2.05) is 48.1 Å². The van der Waals surface area contributed by atoms with Crippen molar-refractivity contribution in [3.8, 4) is 0 Å². The Bertz CT molecular complexity index is 1410. The molecule has 1 aliphatic heterocycles. The van der Waals surface area contributed by atoms with Crippen molar-refractivity contribution >= 4 is 29.1 Å². The highest BCUT2D eigenvalue weighted by Crippen LogP contribution is 2.31. The largest absolute Gasteiger partial charge is 0.466 e. The predicted octanol–water partition coefficient (Wildman–Crippen LogP) is 2.47. The van der Waals surface area contributed by atoms with Crippen LogP contribution in [0.5, 0.6) is 0 Å². The van der Waals surface area contributed by atoms with Gasteiger partial charge in [-0.2, -0.15) is 5.10 Å². The number of hydrogen-bond donors (Lipinski definition) is 0. The van der Waals surface area contributed by atoms with Gasteiger partial charge < -0.3 is 9.64 Å². The highest BCUT2D eigenvalue weighted by atomic mass is 32.1. The highest BCUT2D eigenvalue weighted by molar-refractivity contribution is 7.07. The lowest BCUT2D eigenvalue weighted by atomic mass is 9.95. The maximum atomic E-state index is 13.6. The van der Waals surface area contributed by atoms with Crippen molar-refractivity contribution in [3.05, 3.63) is 78.7 Å². The Hall–Kier alpha value is -3.46. The number of hydrogen-bond acceptors (Lipinski definition) is 7. The average molecular weight is 480 g/mol. The lowest BCUT2D eigenvalue weighted by Gasteiger charge is -2.26. The number of ether oxygens (including phenoxy) is 1. The molecule has 0 saturated heterocycles. The summed E-state index contributed by atoms with van der Waals surface area (Å²) >= 11 is 1.30. The molecular weight excluding hydrogens is 450 g/mol. The van der Waals surface area contributed by atoms with Crippen molar-refractivity contribution in [2.75, 3.05) is 25.1 Å². The van der Waals surface area contributed by atoms with E-state index in [0.29, 0.717) is 26.3 Å². The standard InChI is InChI=1S/C25H29N5O3S/c1-6-28(7-2)19-11-9-17(10-12-19)22-21(24(32)33-5)16(4)26-25-30(22)23(31)20(34-25)15-18-13-14-29(8-3)27-18/h9-15,22H,6-8H2,1-5H3. The van der Waals surface area contributed by atoms with Crippen LogP contribution in [0, 0.1) is 0 Å². The Morgan fingerprint density at radius 3 is 2.47 bits per heavy atom. The predicted molar refractivity (Wildman–Crippen MR) is 134 cm³/mol. The number of aromatic nitrogens is 3. The molecule has 9 heteroatoms. The van der Waals surface area contributed by atoms with Crippen LogP contribution in [-0.4, -0.2) is 40.5 Å². The summed E-state index contributed by atoms with van der Waals surface area (Å²) in [4.78, 5) is 33.8. The Labute approximate surface area is 202 Å². The third-order valence-electron chi connectivity index (χ3n) is 6.03. The normalized spacial score (nSPS) is 15.8. The zero-order chi connectivity index (χ0) is 24.4. The van der Waals surface area contributed by atoms with Crippen molar-refractivity contribution < 1.29 is 9.53 Å². The highest BCUT2D eigenvalue weighted by Gasteiger charge is 2.33. The molecule has 4 rings (SSSR count). The Kier molecular flexibility index (Phi) is 6.83. The molecule has 1 aromatic carbocycles. The topological polar surface area (TPSA) is 81.7 Å². The molecule has 1 aliphatic rings. The number of allylic oxidation sites excluding steroid dienone is 1. The molecule has 178 valence electrons. The van der Waals surface area contributed by atoms with Crippen molar-refractivity contribution in [1.29, 1.82) is 0 Å². The van der Waals surface area contributed by atoms with Crippen LogP contribution in [0.15, 0.2) is 57.6 Å². The van der Waals surface area contributed by atoms with Gasteiger partial charge in [0.25, 0.3) is 5.56 Å². The number of methoxy groups -OCH3 is 1. The van der Waals surface area contributed by atoms with Crippen molar-refractivity contribution in [1.82, 2.24) is 14.3 Å². The molecule has 8 nitrogen and oxygen atoms in total. The Morgan fingerprint density at radius 1 is 1.18 bits per heavy atom. The van der Waals surface area contributed by atoms with Gasteiger partial charge in [0.15, 0.2) is 4.80 Å². The third-order valence-corrected chi connectivity index (χ3v) is 7.01. The summed E-state index contributed by atoms with van der Waals surface area (Å²) < 4.78 is 9.01. The van der Waals surface area contributed by atoms with Gasteiger partial charge >= 0.3 is 5.97 Å². The second kappa shape index (κ2) is 9.80. The van der Waals surface area contributed by atoms with Gasteiger partial charge in [0.2, 0.25) is 0 Å².